The molecule has 0 aliphatic heterocycles. The van der Waals surface area contributed by atoms with E-state index >= 15 is 0 Å². The van der Waals surface area contributed by atoms with Crippen LogP contribution in [0.4, 0.5) is 10.1 Å². The summed E-state index contributed by atoms with van der Waals surface area (Å²) in [6, 6.07) is 11.6. The van der Waals surface area contributed by atoms with E-state index in [0.29, 0.717) is 23.6 Å². The fourth-order valence-corrected chi connectivity index (χ4v) is 4.63. The Bertz CT molecular complexity index is 1080. The first-order chi connectivity index (χ1) is 16.6. The molecule has 0 saturated heterocycles. The summed E-state index contributed by atoms with van der Waals surface area (Å²) in [7, 11) is 0. The zero-order chi connectivity index (χ0) is 23.9. The lowest BCUT2D eigenvalue weighted by Gasteiger charge is -2.33. The summed E-state index contributed by atoms with van der Waals surface area (Å²) in [4.78, 5) is 28.7. The average Bonchev–Trinajstić information content (AvgIpc) is 3.40. The van der Waals surface area contributed by atoms with Gasteiger partial charge in [-0.05, 0) is 61.7 Å². The van der Waals surface area contributed by atoms with Gasteiger partial charge in [-0.2, -0.15) is 8.75 Å². The minimum Gasteiger partial charge on any atom is -0.494 e. The average molecular weight is 483 g/mol. The first kappa shape index (κ1) is 23.8. The van der Waals surface area contributed by atoms with Crippen LogP contribution in [0.2, 0.25) is 0 Å². The van der Waals surface area contributed by atoms with Gasteiger partial charge in [0.2, 0.25) is 5.91 Å². The van der Waals surface area contributed by atoms with Crippen LogP contribution >= 0.6 is 11.7 Å². The smallest absolute Gasteiger partial charge is 0.280 e. The van der Waals surface area contributed by atoms with Crippen molar-refractivity contribution in [1.29, 1.82) is 0 Å². The Hall–Kier alpha value is -3.33. The summed E-state index contributed by atoms with van der Waals surface area (Å²) in [6.45, 7) is 2.40. The van der Waals surface area contributed by atoms with Crippen LogP contribution in [0.15, 0.2) is 54.7 Å². The van der Waals surface area contributed by atoms with Crippen LogP contribution in [0.1, 0.15) is 61.1 Å². The molecule has 178 valence electrons. The molecule has 7 nitrogen and oxygen atoms in total. The minimum atomic E-state index is -1.02. The third kappa shape index (κ3) is 5.59. The lowest BCUT2D eigenvalue weighted by Crippen LogP contribution is -2.47. The van der Waals surface area contributed by atoms with Crippen molar-refractivity contribution in [3.05, 3.63) is 71.8 Å². The predicted molar refractivity (Wildman–Crippen MR) is 128 cm³/mol. The summed E-state index contributed by atoms with van der Waals surface area (Å²) >= 11 is 0.918. The summed E-state index contributed by atoms with van der Waals surface area (Å²) in [5.74, 6) is -0.549. The van der Waals surface area contributed by atoms with Crippen LogP contribution in [0.25, 0.3) is 0 Å². The van der Waals surface area contributed by atoms with E-state index in [0.717, 1.165) is 43.8 Å². The van der Waals surface area contributed by atoms with E-state index in [4.69, 9.17) is 4.74 Å². The second kappa shape index (κ2) is 11.2. The number of anilines is 1. The van der Waals surface area contributed by atoms with E-state index in [1.54, 1.807) is 24.3 Å². The van der Waals surface area contributed by atoms with Crippen molar-refractivity contribution in [2.24, 2.45) is 0 Å². The molecule has 1 aliphatic carbocycles. The summed E-state index contributed by atoms with van der Waals surface area (Å²) < 4.78 is 27.3. The van der Waals surface area contributed by atoms with Crippen LogP contribution in [0.5, 0.6) is 5.75 Å². The zero-order valence-corrected chi connectivity index (χ0v) is 19.8. The number of carbonyl (C=O) groups excluding carboxylic acids is 2. The number of halogens is 1. The Morgan fingerprint density at radius 1 is 1.12 bits per heavy atom. The number of aromatic nitrogens is 2. The maximum Gasteiger partial charge on any atom is 0.280 e. The summed E-state index contributed by atoms with van der Waals surface area (Å²) in [6.07, 6.45) is 6.44. The Kier molecular flexibility index (Phi) is 7.84. The Morgan fingerprint density at radius 3 is 2.44 bits per heavy atom. The molecule has 1 fully saturated rings. The molecular weight excluding hydrogens is 455 g/mol. The lowest BCUT2D eigenvalue weighted by atomic mass is 9.94. The van der Waals surface area contributed by atoms with Crippen LogP contribution in [0.3, 0.4) is 0 Å². The molecule has 1 aromatic heterocycles. The maximum absolute atomic E-state index is 13.7. The van der Waals surface area contributed by atoms with Crippen molar-refractivity contribution in [1.82, 2.24) is 14.1 Å². The molecule has 0 radical (unpaired) electrons. The van der Waals surface area contributed by atoms with Gasteiger partial charge in [0.25, 0.3) is 5.91 Å². The monoisotopic (exact) mass is 482 g/mol. The minimum absolute atomic E-state index is 0.0439. The highest BCUT2D eigenvalue weighted by atomic mass is 32.1. The van der Waals surface area contributed by atoms with Crippen molar-refractivity contribution in [3.8, 4) is 5.75 Å². The van der Waals surface area contributed by atoms with Crippen molar-refractivity contribution in [3.63, 3.8) is 0 Å². The van der Waals surface area contributed by atoms with Gasteiger partial charge in [-0.1, -0.05) is 31.4 Å². The third-order valence-electron chi connectivity index (χ3n) is 5.87. The van der Waals surface area contributed by atoms with Gasteiger partial charge < -0.3 is 10.1 Å². The number of amides is 2. The van der Waals surface area contributed by atoms with Crippen molar-refractivity contribution < 1.29 is 18.7 Å². The molecule has 1 heterocycles. The van der Waals surface area contributed by atoms with E-state index < -0.39 is 17.8 Å². The predicted octanol–water partition coefficient (Wildman–Crippen LogP) is 4.91. The Balaban J connectivity index is 1.76. The third-order valence-corrected chi connectivity index (χ3v) is 6.35. The Morgan fingerprint density at radius 2 is 1.82 bits per heavy atom. The molecule has 34 heavy (non-hydrogen) atoms. The summed E-state index contributed by atoms with van der Waals surface area (Å²) in [5.41, 5.74) is 1.13. The van der Waals surface area contributed by atoms with Gasteiger partial charge >= 0.3 is 0 Å². The van der Waals surface area contributed by atoms with Crippen molar-refractivity contribution >= 4 is 29.2 Å². The number of hydrogen-bond acceptors (Lipinski definition) is 6. The number of nitrogens with zero attached hydrogens (tertiary/aromatic N) is 3. The van der Waals surface area contributed by atoms with Gasteiger partial charge in [0, 0.05) is 11.7 Å². The fourth-order valence-electron chi connectivity index (χ4n) is 4.23. The molecule has 1 aliphatic rings. The van der Waals surface area contributed by atoms with E-state index in [-0.39, 0.29) is 17.6 Å². The maximum atomic E-state index is 13.7. The number of nitrogens with one attached hydrogen (secondary N) is 1. The van der Waals surface area contributed by atoms with Crippen molar-refractivity contribution in [2.45, 2.75) is 51.1 Å². The molecular formula is C25H27FN4O3S. The number of hydrogen-bond donors (Lipinski definition) is 1. The van der Waals surface area contributed by atoms with Gasteiger partial charge in [-0.15, -0.1) is 0 Å². The van der Waals surface area contributed by atoms with Gasteiger partial charge in [0.05, 0.1) is 24.5 Å². The van der Waals surface area contributed by atoms with E-state index in [2.05, 4.69) is 14.1 Å². The largest absolute Gasteiger partial charge is 0.494 e. The summed E-state index contributed by atoms with van der Waals surface area (Å²) in [5, 5.41) is 3.13. The molecule has 0 bridgehead atoms. The molecule has 1 unspecified atom stereocenters. The molecule has 9 heteroatoms. The molecule has 1 saturated carbocycles. The number of ether oxygens (including phenoxy) is 1. The number of carbonyl (C=O) groups is 2. The second-order valence-corrected chi connectivity index (χ2v) is 8.75. The molecule has 1 atom stereocenters. The molecule has 3 aromatic rings. The number of rotatable bonds is 8. The van der Waals surface area contributed by atoms with Gasteiger partial charge in [-0.3, -0.25) is 14.5 Å². The van der Waals surface area contributed by atoms with Crippen LogP contribution in [-0.4, -0.2) is 33.2 Å². The first-order valence-electron chi connectivity index (χ1n) is 11.5. The highest BCUT2D eigenvalue weighted by molar-refractivity contribution is 6.99. The first-order valence-corrected chi connectivity index (χ1v) is 12.2. The normalized spacial score (nSPS) is 14.9. The molecule has 4 rings (SSSR count). The lowest BCUT2D eigenvalue weighted by molar-refractivity contribution is -0.123. The van der Waals surface area contributed by atoms with Gasteiger partial charge in [0.15, 0.2) is 5.69 Å². The standard InChI is InChI=1S/C25H27FN4O3S/c1-2-33-21-14-12-20(13-15-21)30(25(32)22-16-27-34-29-22)23(17-8-10-18(26)11-9-17)24(31)28-19-6-4-3-5-7-19/h8-16,19,23H,2-7H2,1H3,(H,28,31). The van der Waals surface area contributed by atoms with Gasteiger partial charge in [-0.25, -0.2) is 4.39 Å². The van der Waals surface area contributed by atoms with Crippen molar-refractivity contribution in [2.75, 3.05) is 11.5 Å². The Labute approximate surface area is 202 Å². The SMILES string of the molecule is CCOc1ccc(N(C(=O)c2cnsn2)C(C(=O)NC2CCCCC2)c2ccc(F)cc2)cc1. The topological polar surface area (TPSA) is 84.4 Å². The van der Waals surface area contributed by atoms with Crippen LogP contribution < -0.4 is 15.0 Å². The quantitative estimate of drug-likeness (QED) is 0.493. The highest BCUT2D eigenvalue weighted by Gasteiger charge is 2.35. The second-order valence-electron chi connectivity index (χ2n) is 8.19. The highest BCUT2D eigenvalue weighted by Crippen LogP contribution is 2.32. The van der Waals surface area contributed by atoms with E-state index in [1.807, 2.05) is 6.92 Å². The zero-order valence-electron chi connectivity index (χ0n) is 18.9. The molecule has 0 spiro atoms. The van der Waals surface area contributed by atoms with Crippen LogP contribution in [-0.2, 0) is 4.79 Å². The molecule has 2 amide bonds. The van der Waals surface area contributed by atoms with Gasteiger partial charge in [0.1, 0.15) is 17.6 Å². The van der Waals surface area contributed by atoms with E-state index in [9.17, 15) is 14.0 Å². The number of benzene rings is 2. The van der Waals surface area contributed by atoms with E-state index in [1.165, 1.54) is 35.4 Å². The molecule has 2 aromatic carbocycles. The molecule has 1 N–H and O–H groups in total. The fraction of sp³-hybridized carbons (Fsp3) is 0.360. The van der Waals surface area contributed by atoms with Crippen LogP contribution in [0, 0.1) is 5.82 Å².